The summed E-state index contributed by atoms with van der Waals surface area (Å²) in [5.74, 6) is 0. The minimum atomic E-state index is 0.619. The van der Waals surface area contributed by atoms with E-state index in [2.05, 4.69) is 17.1 Å². The van der Waals surface area contributed by atoms with Gasteiger partial charge in [0.15, 0.2) is 5.13 Å². The number of nitrogens with zero attached hydrogens (tertiary/aromatic N) is 1. The Bertz CT molecular complexity index is 419. The van der Waals surface area contributed by atoms with Crippen LogP contribution < -0.4 is 11.5 Å². The Morgan fingerprint density at radius 2 is 2.21 bits per heavy atom. The Morgan fingerprint density at radius 1 is 1.36 bits per heavy atom. The molecule has 0 bridgehead atoms. The summed E-state index contributed by atoms with van der Waals surface area (Å²) in [5.41, 5.74) is 12.0. The van der Waals surface area contributed by atoms with Crippen molar-refractivity contribution in [3.8, 4) is 10.6 Å². The number of nitrogen functional groups attached to an aromatic ring is 1. The first-order chi connectivity index (χ1) is 6.79. The van der Waals surface area contributed by atoms with Gasteiger partial charge in [0, 0.05) is 10.3 Å². The summed E-state index contributed by atoms with van der Waals surface area (Å²) in [7, 11) is 0. The van der Waals surface area contributed by atoms with Crippen LogP contribution in [0.4, 0.5) is 5.13 Å². The topological polar surface area (TPSA) is 64.9 Å². The van der Waals surface area contributed by atoms with E-state index in [0.29, 0.717) is 11.7 Å². The highest BCUT2D eigenvalue weighted by molar-refractivity contribution is 7.16. The number of nitrogens with two attached hydrogens (primary N) is 2. The summed E-state index contributed by atoms with van der Waals surface area (Å²) in [6.07, 6.45) is 0.935. The second kappa shape index (κ2) is 4.08. The molecule has 0 amide bonds. The second-order valence-corrected chi connectivity index (χ2v) is 4.93. The zero-order valence-corrected chi connectivity index (χ0v) is 9.20. The van der Waals surface area contributed by atoms with E-state index in [1.54, 1.807) is 11.3 Å². The van der Waals surface area contributed by atoms with Crippen LogP contribution in [-0.2, 0) is 6.42 Å². The van der Waals surface area contributed by atoms with E-state index in [0.717, 1.165) is 12.1 Å². The zero-order chi connectivity index (χ0) is 9.97. The van der Waals surface area contributed by atoms with E-state index in [1.807, 2.05) is 5.38 Å². The molecular formula is C9H11N3S2. The fourth-order valence-electron chi connectivity index (χ4n) is 1.19. The Hall–Kier alpha value is -0.910. The molecule has 0 aliphatic carbocycles. The molecule has 0 saturated carbocycles. The maximum absolute atomic E-state index is 5.57. The van der Waals surface area contributed by atoms with Crippen LogP contribution >= 0.6 is 22.7 Å². The first kappa shape index (κ1) is 9.64. The summed E-state index contributed by atoms with van der Waals surface area (Å²) < 4.78 is 0. The number of rotatable bonds is 3. The molecular weight excluding hydrogens is 214 g/mol. The summed E-state index contributed by atoms with van der Waals surface area (Å²) in [5, 5.41) is 2.60. The third kappa shape index (κ3) is 1.95. The molecule has 0 atom stereocenters. The largest absolute Gasteiger partial charge is 0.375 e. The van der Waals surface area contributed by atoms with Crippen LogP contribution in [-0.4, -0.2) is 11.5 Å². The lowest BCUT2D eigenvalue weighted by molar-refractivity contribution is 0.989. The number of hydrogen-bond donors (Lipinski definition) is 2. The summed E-state index contributed by atoms with van der Waals surface area (Å²) in [6.45, 7) is 0.694. The van der Waals surface area contributed by atoms with Crippen molar-refractivity contribution in [2.75, 3.05) is 12.3 Å². The molecule has 14 heavy (non-hydrogen) atoms. The molecule has 0 fully saturated rings. The van der Waals surface area contributed by atoms with Gasteiger partial charge in [-0.1, -0.05) is 0 Å². The van der Waals surface area contributed by atoms with Gasteiger partial charge in [0.1, 0.15) is 0 Å². The van der Waals surface area contributed by atoms with E-state index in [1.165, 1.54) is 21.1 Å². The first-order valence-corrected chi connectivity index (χ1v) is 5.99. The predicted octanol–water partition coefficient (Wildman–Crippen LogP) is 1.95. The maximum atomic E-state index is 5.57. The molecule has 2 heterocycles. The molecule has 4 N–H and O–H groups in total. The molecule has 2 rings (SSSR count). The Labute approximate surface area is 90.4 Å². The van der Waals surface area contributed by atoms with Crippen LogP contribution in [0.25, 0.3) is 10.6 Å². The highest BCUT2D eigenvalue weighted by Crippen LogP contribution is 2.29. The van der Waals surface area contributed by atoms with E-state index < -0.39 is 0 Å². The molecule has 0 saturated heterocycles. The van der Waals surface area contributed by atoms with Gasteiger partial charge in [0.05, 0.1) is 10.6 Å². The molecule has 0 aliphatic heterocycles. The highest BCUT2D eigenvalue weighted by atomic mass is 32.1. The average Bonchev–Trinajstić information content (AvgIpc) is 2.74. The summed E-state index contributed by atoms with van der Waals surface area (Å²) in [6, 6.07) is 4.17. The number of aromatic nitrogens is 1. The Morgan fingerprint density at radius 3 is 2.86 bits per heavy atom. The monoisotopic (exact) mass is 225 g/mol. The molecule has 2 aromatic heterocycles. The van der Waals surface area contributed by atoms with Gasteiger partial charge >= 0.3 is 0 Å². The number of thiazole rings is 1. The lowest BCUT2D eigenvalue weighted by Gasteiger charge is -1.90. The van der Waals surface area contributed by atoms with Crippen molar-refractivity contribution in [1.82, 2.24) is 4.98 Å². The van der Waals surface area contributed by atoms with Gasteiger partial charge < -0.3 is 11.5 Å². The molecule has 74 valence electrons. The van der Waals surface area contributed by atoms with E-state index in [4.69, 9.17) is 11.5 Å². The predicted molar refractivity (Wildman–Crippen MR) is 62.6 cm³/mol. The van der Waals surface area contributed by atoms with Crippen LogP contribution in [0.2, 0.25) is 0 Å². The Kier molecular flexibility index (Phi) is 2.81. The average molecular weight is 225 g/mol. The fraction of sp³-hybridized carbons (Fsp3) is 0.222. The van der Waals surface area contributed by atoms with Gasteiger partial charge in [-0.05, 0) is 25.1 Å². The Balaban J connectivity index is 2.24. The third-order valence-electron chi connectivity index (χ3n) is 1.83. The van der Waals surface area contributed by atoms with Gasteiger partial charge in [-0.2, -0.15) is 0 Å². The van der Waals surface area contributed by atoms with Crippen LogP contribution in [0.3, 0.4) is 0 Å². The van der Waals surface area contributed by atoms with E-state index in [-0.39, 0.29) is 0 Å². The highest BCUT2D eigenvalue weighted by Gasteiger charge is 2.05. The molecule has 0 radical (unpaired) electrons. The van der Waals surface area contributed by atoms with Gasteiger partial charge in [-0.3, -0.25) is 0 Å². The summed E-state index contributed by atoms with van der Waals surface area (Å²) >= 11 is 3.20. The number of thiophene rings is 1. The standard InChI is InChI=1S/C9H11N3S2/c10-4-3-6-1-2-8(14-6)7-5-13-9(11)12-7/h1-2,5H,3-4,10H2,(H2,11,12). The molecule has 0 aromatic carbocycles. The molecule has 5 heteroatoms. The molecule has 0 spiro atoms. The molecule has 2 aromatic rings. The van der Waals surface area contributed by atoms with E-state index in [9.17, 15) is 0 Å². The number of anilines is 1. The molecule has 0 unspecified atom stereocenters. The third-order valence-corrected chi connectivity index (χ3v) is 3.67. The van der Waals surface area contributed by atoms with Crippen molar-refractivity contribution in [2.24, 2.45) is 5.73 Å². The second-order valence-electron chi connectivity index (χ2n) is 2.88. The van der Waals surface area contributed by atoms with E-state index >= 15 is 0 Å². The van der Waals surface area contributed by atoms with Crippen LogP contribution in [0, 0.1) is 0 Å². The maximum Gasteiger partial charge on any atom is 0.180 e. The van der Waals surface area contributed by atoms with Crippen molar-refractivity contribution in [2.45, 2.75) is 6.42 Å². The minimum Gasteiger partial charge on any atom is -0.375 e. The quantitative estimate of drug-likeness (QED) is 0.839. The molecule has 0 aliphatic rings. The SMILES string of the molecule is NCCc1ccc(-c2csc(N)n2)s1. The fourth-order valence-corrected chi connectivity index (χ4v) is 2.81. The van der Waals surface area contributed by atoms with Crippen molar-refractivity contribution < 1.29 is 0 Å². The zero-order valence-electron chi connectivity index (χ0n) is 7.56. The van der Waals surface area contributed by atoms with Crippen LogP contribution in [0.1, 0.15) is 4.88 Å². The van der Waals surface area contributed by atoms with Gasteiger partial charge in [0.25, 0.3) is 0 Å². The van der Waals surface area contributed by atoms with Crippen LogP contribution in [0.5, 0.6) is 0 Å². The smallest absolute Gasteiger partial charge is 0.180 e. The van der Waals surface area contributed by atoms with Crippen LogP contribution in [0.15, 0.2) is 17.5 Å². The van der Waals surface area contributed by atoms with Gasteiger partial charge in [-0.25, -0.2) is 4.98 Å². The lowest BCUT2D eigenvalue weighted by Crippen LogP contribution is -2.00. The molecule has 3 nitrogen and oxygen atoms in total. The van der Waals surface area contributed by atoms with Crippen molar-refractivity contribution in [1.29, 1.82) is 0 Å². The number of hydrogen-bond acceptors (Lipinski definition) is 5. The van der Waals surface area contributed by atoms with Gasteiger partial charge in [-0.15, -0.1) is 22.7 Å². The minimum absolute atomic E-state index is 0.619. The van der Waals surface area contributed by atoms with Gasteiger partial charge in [0.2, 0.25) is 0 Å². The lowest BCUT2D eigenvalue weighted by atomic mass is 10.3. The van der Waals surface area contributed by atoms with Crippen molar-refractivity contribution >= 4 is 27.8 Å². The summed E-state index contributed by atoms with van der Waals surface area (Å²) in [4.78, 5) is 6.70. The van der Waals surface area contributed by atoms with Crippen molar-refractivity contribution in [3.63, 3.8) is 0 Å². The van der Waals surface area contributed by atoms with Crippen molar-refractivity contribution in [3.05, 3.63) is 22.4 Å². The normalized spacial score (nSPS) is 10.6. The first-order valence-electron chi connectivity index (χ1n) is 4.30.